The SMILES string of the molecule is Br.CC(=O)OCC(N)=O. The number of carbonyl (C=O) groups is 2. The summed E-state index contributed by atoms with van der Waals surface area (Å²) in [5.41, 5.74) is 4.62. The first-order chi connectivity index (χ1) is 3.63. The summed E-state index contributed by atoms with van der Waals surface area (Å²) in [6, 6.07) is 0. The summed E-state index contributed by atoms with van der Waals surface area (Å²) in [6.07, 6.45) is 0. The highest BCUT2D eigenvalue weighted by Gasteiger charge is 1.94. The van der Waals surface area contributed by atoms with E-state index in [2.05, 4.69) is 10.5 Å². The van der Waals surface area contributed by atoms with Crippen LogP contribution in [0.5, 0.6) is 0 Å². The molecule has 0 heterocycles. The lowest BCUT2D eigenvalue weighted by atomic mass is 10.7. The van der Waals surface area contributed by atoms with Crippen LogP contribution in [0.15, 0.2) is 0 Å². The minimum Gasteiger partial charge on any atom is -0.456 e. The fraction of sp³-hybridized carbons (Fsp3) is 0.500. The van der Waals surface area contributed by atoms with Crippen molar-refractivity contribution >= 4 is 28.9 Å². The molecule has 0 bridgehead atoms. The topological polar surface area (TPSA) is 69.4 Å². The first-order valence-corrected chi connectivity index (χ1v) is 2.04. The lowest BCUT2D eigenvalue weighted by Crippen LogP contribution is -2.19. The van der Waals surface area contributed by atoms with Gasteiger partial charge in [-0.3, -0.25) is 9.59 Å². The zero-order valence-electron chi connectivity index (χ0n) is 4.92. The molecule has 0 atom stereocenters. The Bertz CT molecular complexity index is 100. The van der Waals surface area contributed by atoms with Crippen LogP contribution in [-0.4, -0.2) is 18.5 Å². The molecule has 0 aliphatic heterocycles. The Kier molecular flexibility index (Phi) is 6.94. The highest BCUT2D eigenvalue weighted by atomic mass is 79.9. The van der Waals surface area contributed by atoms with Gasteiger partial charge in [0.1, 0.15) is 0 Å². The first kappa shape index (κ1) is 11.2. The Morgan fingerprint density at radius 1 is 1.56 bits per heavy atom. The van der Waals surface area contributed by atoms with Crippen LogP contribution in [0.4, 0.5) is 0 Å². The van der Waals surface area contributed by atoms with E-state index in [4.69, 9.17) is 0 Å². The summed E-state index contributed by atoms with van der Waals surface area (Å²) in [5, 5.41) is 0. The highest BCUT2D eigenvalue weighted by Crippen LogP contribution is 1.71. The lowest BCUT2D eigenvalue weighted by Gasteiger charge is -1.93. The van der Waals surface area contributed by atoms with E-state index in [0.717, 1.165) is 0 Å². The molecule has 0 rings (SSSR count). The molecule has 0 spiro atoms. The molecule has 54 valence electrons. The van der Waals surface area contributed by atoms with Crippen molar-refractivity contribution < 1.29 is 14.3 Å². The summed E-state index contributed by atoms with van der Waals surface area (Å²) in [5.74, 6) is -1.14. The van der Waals surface area contributed by atoms with E-state index in [1.165, 1.54) is 6.92 Å². The number of nitrogens with two attached hydrogens (primary N) is 1. The molecule has 2 N–H and O–H groups in total. The molecule has 0 aromatic rings. The maximum Gasteiger partial charge on any atom is 0.303 e. The molecule has 1 amide bonds. The standard InChI is InChI=1S/C4H7NO3.BrH/c1-3(6)8-2-4(5)7;/h2H2,1H3,(H2,5,7);1H. The van der Waals surface area contributed by atoms with E-state index in [1.807, 2.05) is 0 Å². The monoisotopic (exact) mass is 197 g/mol. The summed E-state index contributed by atoms with van der Waals surface area (Å²) in [6.45, 7) is 0.887. The van der Waals surface area contributed by atoms with Gasteiger partial charge in [0.15, 0.2) is 6.61 Å². The maximum absolute atomic E-state index is 9.92. The average molecular weight is 198 g/mol. The number of hydrogen-bond donors (Lipinski definition) is 1. The molecule has 0 fully saturated rings. The average Bonchev–Trinajstić information content (AvgIpc) is 1.61. The van der Waals surface area contributed by atoms with E-state index in [9.17, 15) is 9.59 Å². The Hall–Kier alpha value is -0.580. The number of rotatable bonds is 2. The van der Waals surface area contributed by atoms with E-state index in [-0.39, 0.29) is 23.6 Å². The van der Waals surface area contributed by atoms with Crippen molar-refractivity contribution in [3.8, 4) is 0 Å². The van der Waals surface area contributed by atoms with Crippen LogP contribution in [0.25, 0.3) is 0 Å². The van der Waals surface area contributed by atoms with Crippen molar-refractivity contribution in [1.29, 1.82) is 0 Å². The third kappa shape index (κ3) is 11.2. The van der Waals surface area contributed by atoms with E-state index in [0.29, 0.717) is 0 Å². The van der Waals surface area contributed by atoms with Gasteiger partial charge in [0.05, 0.1) is 0 Å². The van der Waals surface area contributed by atoms with Crippen LogP contribution in [0.2, 0.25) is 0 Å². The Morgan fingerprint density at radius 3 is 2.11 bits per heavy atom. The number of esters is 1. The molecule has 0 radical (unpaired) electrons. The molecule has 0 saturated heterocycles. The van der Waals surface area contributed by atoms with Crippen molar-refractivity contribution in [3.63, 3.8) is 0 Å². The highest BCUT2D eigenvalue weighted by molar-refractivity contribution is 8.93. The van der Waals surface area contributed by atoms with Crippen LogP contribution in [0.1, 0.15) is 6.92 Å². The smallest absolute Gasteiger partial charge is 0.303 e. The largest absolute Gasteiger partial charge is 0.456 e. The van der Waals surface area contributed by atoms with Crippen LogP contribution in [0.3, 0.4) is 0 Å². The maximum atomic E-state index is 9.92. The third-order valence-corrected chi connectivity index (χ3v) is 0.418. The van der Waals surface area contributed by atoms with Crippen LogP contribution >= 0.6 is 17.0 Å². The predicted molar refractivity (Wildman–Crippen MR) is 36.1 cm³/mol. The van der Waals surface area contributed by atoms with Gasteiger partial charge in [0, 0.05) is 6.92 Å². The number of amides is 1. The van der Waals surface area contributed by atoms with Gasteiger partial charge in [-0.2, -0.15) is 0 Å². The van der Waals surface area contributed by atoms with E-state index in [1.54, 1.807) is 0 Å². The van der Waals surface area contributed by atoms with E-state index < -0.39 is 11.9 Å². The molecule has 0 aliphatic rings. The zero-order chi connectivity index (χ0) is 6.57. The normalized spacial score (nSPS) is 7.22. The minimum absolute atomic E-state index is 0. The fourth-order valence-electron chi connectivity index (χ4n) is 0.173. The summed E-state index contributed by atoms with van der Waals surface area (Å²) in [4.78, 5) is 19.8. The second-order valence-corrected chi connectivity index (χ2v) is 1.25. The van der Waals surface area contributed by atoms with Gasteiger partial charge in [0.2, 0.25) is 0 Å². The van der Waals surface area contributed by atoms with Crippen molar-refractivity contribution in [2.24, 2.45) is 5.73 Å². The Labute approximate surface area is 63.1 Å². The Morgan fingerprint density at radius 2 is 2.00 bits per heavy atom. The van der Waals surface area contributed by atoms with Gasteiger partial charge in [-0.05, 0) is 0 Å². The molecule has 0 aliphatic carbocycles. The minimum atomic E-state index is -0.639. The summed E-state index contributed by atoms with van der Waals surface area (Å²) < 4.78 is 4.19. The molecule has 0 saturated carbocycles. The molecular formula is C4H8BrNO3. The van der Waals surface area contributed by atoms with Gasteiger partial charge < -0.3 is 10.5 Å². The van der Waals surface area contributed by atoms with Crippen LogP contribution in [-0.2, 0) is 14.3 Å². The van der Waals surface area contributed by atoms with Crippen molar-refractivity contribution in [1.82, 2.24) is 0 Å². The van der Waals surface area contributed by atoms with Crippen molar-refractivity contribution in [2.75, 3.05) is 6.61 Å². The van der Waals surface area contributed by atoms with Gasteiger partial charge in [-0.15, -0.1) is 17.0 Å². The molecular weight excluding hydrogens is 190 g/mol. The zero-order valence-corrected chi connectivity index (χ0v) is 6.63. The van der Waals surface area contributed by atoms with Gasteiger partial charge in [-0.25, -0.2) is 0 Å². The fourth-order valence-corrected chi connectivity index (χ4v) is 0.173. The van der Waals surface area contributed by atoms with E-state index >= 15 is 0 Å². The number of primary amides is 1. The number of halogens is 1. The summed E-state index contributed by atoms with van der Waals surface area (Å²) >= 11 is 0. The molecule has 9 heavy (non-hydrogen) atoms. The molecule has 5 heteroatoms. The van der Waals surface area contributed by atoms with Crippen molar-refractivity contribution in [3.05, 3.63) is 0 Å². The molecule has 0 unspecified atom stereocenters. The van der Waals surface area contributed by atoms with Crippen LogP contribution in [0, 0.1) is 0 Å². The summed E-state index contributed by atoms with van der Waals surface area (Å²) in [7, 11) is 0. The predicted octanol–water partition coefficient (Wildman–Crippen LogP) is -0.387. The Balaban J connectivity index is 0. The number of carbonyl (C=O) groups excluding carboxylic acids is 2. The van der Waals surface area contributed by atoms with Crippen molar-refractivity contribution in [2.45, 2.75) is 6.92 Å². The van der Waals surface area contributed by atoms with Gasteiger partial charge in [-0.1, -0.05) is 0 Å². The quantitative estimate of drug-likeness (QED) is 0.614. The third-order valence-electron chi connectivity index (χ3n) is 0.418. The molecule has 0 aromatic heterocycles. The van der Waals surface area contributed by atoms with Crippen LogP contribution < -0.4 is 5.73 Å². The number of hydrogen-bond acceptors (Lipinski definition) is 3. The molecule has 0 aromatic carbocycles. The second kappa shape index (κ2) is 5.55. The van der Waals surface area contributed by atoms with Gasteiger partial charge in [0.25, 0.3) is 5.91 Å². The first-order valence-electron chi connectivity index (χ1n) is 2.04. The second-order valence-electron chi connectivity index (χ2n) is 1.25. The van der Waals surface area contributed by atoms with Gasteiger partial charge >= 0.3 is 5.97 Å². The number of ether oxygens (including phenoxy) is 1. The molecule has 4 nitrogen and oxygen atoms in total. The lowest BCUT2D eigenvalue weighted by molar-refractivity contribution is -0.145.